The smallest absolute Gasteiger partial charge is 0.229 e. The van der Waals surface area contributed by atoms with Crippen molar-refractivity contribution in [3.8, 4) is 5.75 Å². The quantitative estimate of drug-likeness (QED) is 0.760. The highest BCUT2D eigenvalue weighted by Gasteiger charge is 2.27. The number of amides is 1. The van der Waals surface area contributed by atoms with Crippen LogP contribution in [0, 0.1) is 0 Å². The molecule has 1 saturated heterocycles. The van der Waals surface area contributed by atoms with Gasteiger partial charge in [0.05, 0.1) is 19.1 Å². The molecule has 5 nitrogen and oxygen atoms in total. The molecular weight excluding hydrogens is 340 g/mol. The fourth-order valence-corrected chi connectivity index (χ4v) is 3.63. The molecule has 2 N–H and O–H groups in total. The van der Waals surface area contributed by atoms with Crippen molar-refractivity contribution in [1.82, 2.24) is 4.90 Å². The highest BCUT2D eigenvalue weighted by atomic mass is 16.5. The van der Waals surface area contributed by atoms with Gasteiger partial charge in [0, 0.05) is 19.7 Å². The second kappa shape index (κ2) is 9.20. The number of rotatable bonds is 7. The number of hydrogen-bond acceptors (Lipinski definition) is 4. The molecule has 0 aromatic heterocycles. The molecule has 1 atom stereocenters. The highest BCUT2D eigenvalue weighted by molar-refractivity contribution is 5.88. The lowest BCUT2D eigenvalue weighted by atomic mass is 9.95. The molecule has 0 radical (unpaired) electrons. The summed E-state index contributed by atoms with van der Waals surface area (Å²) in [6.45, 7) is 4.90. The zero-order valence-electron chi connectivity index (χ0n) is 16.3. The van der Waals surface area contributed by atoms with Crippen LogP contribution in [0.25, 0.3) is 10.8 Å². The van der Waals surface area contributed by atoms with E-state index in [1.807, 2.05) is 36.1 Å². The number of ether oxygens (including phenoxy) is 2. The Morgan fingerprint density at radius 2 is 1.89 bits per heavy atom. The van der Waals surface area contributed by atoms with Gasteiger partial charge in [-0.25, -0.2) is 0 Å². The summed E-state index contributed by atoms with van der Waals surface area (Å²) >= 11 is 0. The molecule has 1 aliphatic rings. The van der Waals surface area contributed by atoms with Gasteiger partial charge < -0.3 is 20.1 Å². The summed E-state index contributed by atoms with van der Waals surface area (Å²) in [5, 5.41) is 2.24. The van der Waals surface area contributed by atoms with Gasteiger partial charge >= 0.3 is 0 Å². The van der Waals surface area contributed by atoms with E-state index in [-0.39, 0.29) is 17.9 Å². The first-order valence-electron chi connectivity index (χ1n) is 9.80. The molecule has 0 aliphatic carbocycles. The zero-order chi connectivity index (χ0) is 19.2. The van der Waals surface area contributed by atoms with Gasteiger partial charge in [-0.05, 0) is 61.2 Å². The fourth-order valence-electron chi connectivity index (χ4n) is 3.63. The summed E-state index contributed by atoms with van der Waals surface area (Å²) in [4.78, 5) is 14.9. The summed E-state index contributed by atoms with van der Waals surface area (Å²) in [7, 11) is 1.67. The molecule has 0 bridgehead atoms. The summed E-state index contributed by atoms with van der Waals surface area (Å²) < 4.78 is 11.1. The van der Waals surface area contributed by atoms with E-state index in [1.165, 1.54) is 0 Å². The van der Waals surface area contributed by atoms with E-state index in [2.05, 4.69) is 12.1 Å². The predicted octanol–water partition coefficient (Wildman–Crippen LogP) is 3.31. The molecule has 5 heteroatoms. The van der Waals surface area contributed by atoms with Crippen LogP contribution in [0.2, 0.25) is 0 Å². The lowest BCUT2D eigenvalue weighted by molar-refractivity contribution is -0.135. The van der Waals surface area contributed by atoms with E-state index >= 15 is 0 Å². The molecule has 1 aliphatic heterocycles. The van der Waals surface area contributed by atoms with Crippen LogP contribution in [0.15, 0.2) is 36.4 Å². The molecule has 146 valence electrons. The number of piperidine rings is 1. The van der Waals surface area contributed by atoms with Crippen molar-refractivity contribution in [2.75, 3.05) is 33.4 Å². The third-order valence-corrected chi connectivity index (χ3v) is 5.40. The van der Waals surface area contributed by atoms with Crippen LogP contribution in [-0.2, 0) is 9.53 Å². The van der Waals surface area contributed by atoms with Crippen molar-refractivity contribution < 1.29 is 14.3 Å². The number of benzene rings is 2. The molecule has 0 spiro atoms. The van der Waals surface area contributed by atoms with Crippen LogP contribution in [0.4, 0.5) is 0 Å². The third-order valence-electron chi connectivity index (χ3n) is 5.40. The number of fused-ring (bicyclic) bond motifs is 1. The fraction of sp³-hybridized carbons (Fsp3) is 0.500. The molecule has 27 heavy (non-hydrogen) atoms. The maximum atomic E-state index is 13.0. The average molecular weight is 370 g/mol. The van der Waals surface area contributed by atoms with Gasteiger partial charge in [0.15, 0.2) is 0 Å². The Hall–Kier alpha value is -2.11. The third kappa shape index (κ3) is 4.79. The molecule has 2 aromatic rings. The summed E-state index contributed by atoms with van der Waals surface area (Å²) in [5.74, 6) is 0.894. The molecule has 1 fully saturated rings. The zero-order valence-corrected chi connectivity index (χ0v) is 16.3. The van der Waals surface area contributed by atoms with Gasteiger partial charge in [-0.15, -0.1) is 0 Å². The van der Waals surface area contributed by atoms with Gasteiger partial charge in [0.2, 0.25) is 5.91 Å². The highest BCUT2D eigenvalue weighted by Crippen LogP contribution is 2.27. The molecular formula is C22H30N2O3. The van der Waals surface area contributed by atoms with Crippen molar-refractivity contribution in [1.29, 1.82) is 0 Å². The maximum absolute atomic E-state index is 13.0. The van der Waals surface area contributed by atoms with Crippen LogP contribution in [0.5, 0.6) is 5.75 Å². The predicted molar refractivity (Wildman–Crippen MR) is 108 cm³/mol. The first-order valence-corrected chi connectivity index (χ1v) is 9.80. The Morgan fingerprint density at radius 1 is 1.19 bits per heavy atom. The van der Waals surface area contributed by atoms with Crippen LogP contribution in [0.3, 0.4) is 0 Å². The number of carbonyl (C=O) groups is 1. The Bertz CT molecular complexity index is 769. The largest absolute Gasteiger partial charge is 0.497 e. The number of methoxy groups -OCH3 is 1. The van der Waals surface area contributed by atoms with Gasteiger partial charge in [-0.2, -0.15) is 0 Å². The van der Waals surface area contributed by atoms with Crippen molar-refractivity contribution in [3.05, 3.63) is 42.0 Å². The number of likely N-dealkylation sites (tertiary alicyclic amines) is 1. The van der Waals surface area contributed by atoms with E-state index in [9.17, 15) is 4.79 Å². The van der Waals surface area contributed by atoms with Crippen molar-refractivity contribution in [2.45, 2.75) is 38.2 Å². The van der Waals surface area contributed by atoms with Crippen molar-refractivity contribution >= 4 is 16.7 Å². The number of nitrogens with two attached hydrogens (primary N) is 1. The Kier molecular flexibility index (Phi) is 6.69. The number of carbonyl (C=O) groups excluding carboxylic acids is 1. The van der Waals surface area contributed by atoms with Crippen LogP contribution in [-0.4, -0.2) is 50.3 Å². The molecule has 3 rings (SSSR count). The minimum Gasteiger partial charge on any atom is -0.497 e. The van der Waals surface area contributed by atoms with Gasteiger partial charge in [0.25, 0.3) is 0 Å². The summed E-state index contributed by atoms with van der Waals surface area (Å²) in [6.07, 6.45) is 2.96. The van der Waals surface area contributed by atoms with E-state index in [0.717, 1.165) is 54.4 Å². The average Bonchev–Trinajstić information content (AvgIpc) is 2.72. The molecule has 1 unspecified atom stereocenters. The molecule has 1 amide bonds. The lowest BCUT2D eigenvalue weighted by Crippen LogP contribution is -2.42. The molecule has 1 heterocycles. The number of nitrogens with zero attached hydrogens (tertiary/aromatic N) is 1. The Labute approximate surface area is 161 Å². The SMILES string of the molecule is COc1ccc2cc(C(C)C(=O)N3CCC(OCCCN)CC3)ccc2c1. The second-order valence-electron chi connectivity index (χ2n) is 7.23. The minimum absolute atomic E-state index is 0.147. The lowest BCUT2D eigenvalue weighted by Gasteiger charge is -2.33. The van der Waals surface area contributed by atoms with Crippen molar-refractivity contribution in [3.63, 3.8) is 0 Å². The van der Waals surface area contributed by atoms with E-state index in [4.69, 9.17) is 15.2 Å². The minimum atomic E-state index is -0.147. The maximum Gasteiger partial charge on any atom is 0.229 e. The first kappa shape index (κ1) is 19.6. The Balaban J connectivity index is 1.61. The van der Waals surface area contributed by atoms with Gasteiger partial charge in [-0.3, -0.25) is 4.79 Å². The van der Waals surface area contributed by atoms with Crippen molar-refractivity contribution in [2.24, 2.45) is 5.73 Å². The van der Waals surface area contributed by atoms with E-state index < -0.39 is 0 Å². The van der Waals surface area contributed by atoms with Crippen LogP contribution in [0.1, 0.15) is 37.7 Å². The summed E-state index contributed by atoms with van der Waals surface area (Å²) in [6, 6.07) is 12.2. The summed E-state index contributed by atoms with van der Waals surface area (Å²) in [5.41, 5.74) is 6.56. The molecule has 2 aromatic carbocycles. The van der Waals surface area contributed by atoms with Gasteiger partial charge in [0.1, 0.15) is 5.75 Å². The van der Waals surface area contributed by atoms with Gasteiger partial charge in [-0.1, -0.05) is 24.3 Å². The topological polar surface area (TPSA) is 64.8 Å². The standard InChI is InChI=1S/C22H30N2O3/c1-16(17-4-5-19-15-21(26-2)7-6-18(19)14-17)22(25)24-11-8-20(9-12-24)27-13-3-10-23/h4-7,14-16,20H,3,8-13,23H2,1-2H3. The van der Waals surface area contributed by atoms with E-state index in [1.54, 1.807) is 7.11 Å². The molecule has 0 saturated carbocycles. The first-order chi connectivity index (χ1) is 13.1. The Morgan fingerprint density at radius 3 is 2.59 bits per heavy atom. The second-order valence-corrected chi connectivity index (χ2v) is 7.23. The van der Waals surface area contributed by atoms with Crippen LogP contribution < -0.4 is 10.5 Å². The van der Waals surface area contributed by atoms with Crippen LogP contribution >= 0.6 is 0 Å². The monoisotopic (exact) mass is 370 g/mol. The van der Waals surface area contributed by atoms with E-state index in [0.29, 0.717) is 13.2 Å². The normalized spacial score (nSPS) is 16.5. The number of hydrogen-bond donors (Lipinski definition) is 1.